The molecule has 1 aromatic carbocycles. The van der Waals surface area contributed by atoms with Crippen LogP contribution in [0, 0.1) is 17.2 Å². The van der Waals surface area contributed by atoms with Crippen LogP contribution in [0.3, 0.4) is 0 Å². The lowest BCUT2D eigenvalue weighted by Crippen LogP contribution is -2.45. The number of aromatic nitrogens is 3. The van der Waals surface area contributed by atoms with Crippen LogP contribution >= 0.6 is 0 Å². The molecule has 52 heavy (non-hydrogen) atoms. The molecule has 0 saturated heterocycles. The Morgan fingerprint density at radius 2 is 1.71 bits per heavy atom. The molecule has 1 aliphatic carbocycles. The number of nitrogens with one attached hydrogen (secondary N) is 1. The quantitative estimate of drug-likeness (QED) is 0.255. The van der Waals surface area contributed by atoms with Crippen molar-refractivity contribution in [3.8, 4) is 17.7 Å². The molecule has 2 aliphatic rings. The lowest BCUT2D eigenvalue weighted by Gasteiger charge is -2.36. The first-order valence-corrected chi connectivity index (χ1v) is 16.8. The number of hydrogen-bond donors (Lipinski definition) is 1. The summed E-state index contributed by atoms with van der Waals surface area (Å²) < 4.78 is 106. The highest BCUT2D eigenvalue weighted by atomic mass is 19.4. The molecular formula is C35H38F6N6O5. The van der Waals surface area contributed by atoms with E-state index in [1.165, 1.54) is 25.7 Å². The summed E-state index contributed by atoms with van der Waals surface area (Å²) in [5, 5.41) is 19.0. The Morgan fingerprint density at radius 1 is 1.02 bits per heavy atom. The fourth-order valence-electron chi connectivity index (χ4n) is 6.35. The van der Waals surface area contributed by atoms with E-state index in [0.717, 1.165) is 0 Å². The Morgan fingerprint density at radius 3 is 2.33 bits per heavy atom. The highest BCUT2D eigenvalue weighted by Gasteiger charge is 2.61. The number of carbonyl (C=O) groups is 2. The molecule has 1 saturated carbocycles. The van der Waals surface area contributed by atoms with E-state index in [2.05, 4.69) is 26.6 Å². The van der Waals surface area contributed by atoms with Gasteiger partial charge < -0.3 is 18.8 Å². The smallest absolute Gasteiger partial charge is 0.426 e. The molecule has 1 aliphatic heterocycles. The van der Waals surface area contributed by atoms with E-state index < -0.39 is 89.0 Å². The summed E-state index contributed by atoms with van der Waals surface area (Å²) in [4.78, 5) is 32.3. The molecule has 0 radical (unpaired) electrons. The molecule has 2 amide bonds. The third-order valence-corrected chi connectivity index (χ3v) is 8.93. The summed E-state index contributed by atoms with van der Waals surface area (Å²) in [5.41, 5.74) is -7.79. The van der Waals surface area contributed by atoms with E-state index in [1.54, 1.807) is 30.3 Å². The summed E-state index contributed by atoms with van der Waals surface area (Å²) >= 11 is 0. The number of halogens is 6. The van der Waals surface area contributed by atoms with Gasteiger partial charge in [0.15, 0.2) is 5.69 Å². The maximum atomic E-state index is 15.2. The molecule has 3 heterocycles. The number of carbonyl (C=O) groups excluding carboxylic acids is 2. The van der Waals surface area contributed by atoms with Gasteiger partial charge in [-0.1, -0.05) is 36.8 Å². The number of fused-ring (bicyclic) bond motifs is 5. The Kier molecular flexibility index (Phi) is 11.2. The lowest BCUT2D eigenvalue weighted by atomic mass is 9.86. The maximum Gasteiger partial charge on any atom is 0.426 e. The SMILES string of the molecule is CC(C)(C)OC(=O)Nc1cc(C(F)(F)F)c2nc1-c1nnc(o1)C(OCc1ccccc1)(C(F)(F)F)CCCCCN(C1CCC(C#N)CC1)C2=O. The number of alkyl halides is 6. The lowest BCUT2D eigenvalue weighted by molar-refractivity contribution is -0.300. The van der Waals surface area contributed by atoms with Gasteiger partial charge >= 0.3 is 18.4 Å². The minimum atomic E-state index is -5.17. The number of ether oxygens (including phenoxy) is 2. The van der Waals surface area contributed by atoms with Crippen molar-refractivity contribution < 1.29 is 49.8 Å². The molecule has 1 atom stereocenters. The van der Waals surface area contributed by atoms with E-state index in [1.807, 2.05) is 0 Å². The van der Waals surface area contributed by atoms with Gasteiger partial charge in [0.1, 0.15) is 11.3 Å². The van der Waals surface area contributed by atoms with E-state index >= 15 is 13.2 Å². The number of benzene rings is 1. The van der Waals surface area contributed by atoms with Gasteiger partial charge in [-0.2, -0.15) is 31.6 Å². The third-order valence-electron chi connectivity index (χ3n) is 8.93. The molecule has 3 aromatic rings. The predicted octanol–water partition coefficient (Wildman–Crippen LogP) is 8.57. The fraction of sp³-hybridized carbons (Fsp3) is 0.543. The van der Waals surface area contributed by atoms with Crippen LogP contribution in [-0.4, -0.2) is 56.4 Å². The standard InChI is InChI=1S/C35H38F6N6O5/c1-32(2,3)52-31(49)43-25-18-24(34(36,37)38)26-29(48)47(23-14-12-21(19-42)13-15-23)17-9-5-8-16-33(35(39,40)41,50-20-22-10-6-4-7-11-22)30-46-45-28(51-30)27(25)44-26/h4,6-7,10-11,18,21,23H,5,8-9,12-17,20H2,1-3H3,(H,43,49). The van der Waals surface area contributed by atoms with Crippen molar-refractivity contribution in [3.63, 3.8) is 0 Å². The van der Waals surface area contributed by atoms with Crippen molar-refractivity contribution in [1.82, 2.24) is 20.1 Å². The average molecular weight is 737 g/mol. The van der Waals surface area contributed by atoms with E-state index in [4.69, 9.17) is 13.9 Å². The molecule has 4 bridgehead atoms. The van der Waals surface area contributed by atoms with Gasteiger partial charge in [-0.3, -0.25) is 10.1 Å². The van der Waals surface area contributed by atoms with Crippen molar-refractivity contribution in [2.24, 2.45) is 5.92 Å². The Balaban J connectivity index is 1.69. The first kappa shape index (κ1) is 38.5. The maximum absolute atomic E-state index is 15.2. The van der Waals surface area contributed by atoms with Crippen LogP contribution in [0.1, 0.15) is 99.6 Å². The van der Waals surface area contributed by atoms with Gasteiger partial charge in [-0.05, 0) is 77.3 Å². The number of nitrogens with zero attached hydrogens (tertiary/aromatic N) is 5. The number of amides is 2. The Labute approximate surface area is 295 Å². The molecule has 1 N–H and O–H groups in total. The minimum Gasteiger partial charge on any atom is -0.444 e. The zero-order valence-corrected chi connectivity index (χ0v) is 28.7. The number of nitriles is 1. The molecule has 280 valence electrons. The zero-order valence-electron chi connectivity index (χ0n) is 28.7. The largest absolute Gasteiger partial charge is 0.444 e. The number of rotatable bonds is 5. The van der Waals surface area contributed by atoms with Crippen molar-refractivity contribution >= 4 is 17.7 Å². The number of anilines is 1. The van der Waals surface area contributed by atoms with Crippen LogP contribution in [0.2, 0.25) is 0 Å². The topological polar surface area (TPSA) is 143 Å². The van der Waals surface area contributed by atoms with Crippen LogP contribution in [0.4, 0.5) is 36.8 Å². The van der Waals surface area contributed by atoms with Crippen LogP contribution in [0.5, 0.6) is 0 Å². The first-order chi connectivity index (χ1) is 24.4. The normalized spacial score (nSPS) is 21.9. The first-order valence-electron chi connectivity index (χ1n) is 16.8. The van der Waals surface area contributed by atoms with Gasteiger partial charge in [0.2, 0.25) is 5.60 Å². The van der Waals surface area contributed by atoms with Crippen LogP contribution in [0.25, 0.3) is 11.6 Å². The highest BCUT2D eigenvalue weighted by Crippen LogP contribution is 2.47. The molecule has 17 heteroatoms. The summed E-state index contributed by atoms with van der Waals surface area (Å²) in [6.07, 6.45) is -10.5. The summed E-state index contributed by atoms with van der Waals surface area (Å²) in [7, 11) is 0. The van der Waals surface area contributed by atoms with E-state index in [9.17, 15) is 28.0 Å². The Bertz CT molecular complexity index is 1780. The summed E-state index contributed by atoms with van der Waals surface area (Å²) in [6.45, 7) is 3.94. The average Bonchev–Trinajstić information content (AvgIpc) is 3.56. The summed E-state index contributed by atoms with van der Waals surface area (Å²) in [6, 6.07) is 10.2. The second kappa shape index (κ2) is 15.1. The van der Waals surface area contributed by atoms with Crippen molar-refractivity contribution in [1.29, 1.82) is 5.26 Å². The molecule has 2 aromatic heterocycles. The monoisotopic (exact) mass is 736 g/mol. The van der Waals surface area contributed by atoms with Crippen molar-refractivity contribution in [2.75, 3.05) is 11.9 Å². The molecule has 1 unspecified atom stereocenters. The number of pyridine rings is 1. The molecule has 0 spiro atoms. The predicted molar refractivity (Wildman–Crippen MR) is 172 cm³/mol. The van der Waals surface area contributed by atoms with Gasteiger partial charge in [0, 0.05) is 18.5 Å². The fourth-order valence-corrected chi connectivity index (χ4v) is 6.35. The van der Waals surface area contributed by atoms with E-state index in [0.29, 0.717) is 37.3 Å². The van der Waals surface area contributed by atoms with Crippen LogP contribution in [0.15, 0.2) is 40.8 Å². The van der Waals surface area contributed by atoms with Gasteiger partial charge in [-0.15, -0.1) is 10.2 Å². The second-order valence-corrected chi connectivity index (χ2v) is 13.9. The van der Waals surface area contributed by atoms with Crippen molar-refractivity contribution in [2.45, 2.75) is 108 Å². The van der Waals surface area contributed by atoms with Crippen molar-refractivity contribution in [3.05, 3.63) is 59.1 Å². The molecule has 11 nitrogen and oxygen atoms in total. The van der Waals surface area contributed by atoms with Gasteiger partial charge in [0.05, 0.1) is 23.9 Å². The summed E-state index contributed by atoms with van der Waals surface area (Å²) in [5.74, 6) is -3.20. The van der Waals surface area contributed by atoms with E-state index in [-0.39, 0.29) is 31.7 Å². The van der Waals surface area contributed by atoms with Crippen LogP contribution < -0.4 is 5.32 Å². The third kappa shape index (κ3) is 8.66. The number of hydrogen-bond acceptors (Lipinski definition) is 9. The minimum absolute atomic E-state index is 0.0881. The molecule has 1 fully saturated rings. The Hall–Kier alpha value is -4.72. The highest BCUT2D eigenvalue weighted by molar-refractivity contribution is 5.97. The van der Waals surface area contributed by atoms with Gasteiger partial charge in [-0.25, -0.2) is 9.78 Å². The van der Waals surface area contributed by atoms with Gasteiger partial charge in [0.25, 0.3) is 17.7 Å². The molecule has 5 rings (SSSR count). The zero-order chi connectivity index (χ0) is 37.9. The van der Waals surface area contributed by atoms with Crippen LogP contribution in [-0.2, 0) is 27.9 Å². The molecular weight excluding hydrogens is 698 g/mol. The second-order valence-electron chi connectivity index (χ2n) is 13.9.